The van der Waals surface area contributed by atoms with Crippen molar-refractivity contribution in [2.24, 2.45) is 5.73 Å². The van der Waals surface area contributed by atoms with Gasteiger partial charge in [0, 0.05) is 6.54 Å². The molecule has 6 nitrogen and oxygen atoms in total. The number of nitrogen functional groups attached to an aromatic ring is 1. The Labute approximate surface area is 112 Å². The predicted molar refractivity (Wildman–Crippen MR) is 63.6 cm³/mol. The van der Waals surface area contributed by atoms with E-state index in [-0.39, 0.29) is 31.0 Å². The molecule has 4 N–H and O–H groups in total. The zero-order chi connectivity index (χ0) is 15.3. The fourth-order valence-electron chi connectivity index (χ4n) is 1.46. The van der Waals surface area contributed by atoms with Gasteiger partial charge in [-0.2, -0.15) is 0 Å². The van der Waals surface area contributed by atoms with Crippen LogP contribution >= 0.6 is 0 Å². The van der Waals surface area contributed by atoms with Gasteiger partial charge in [0.25, 0.3) is 0 Å². The minimum atomic E-state index is -4.92. The molecule has 0 saturated heterocycles. The van der Waals surface area contributed by atoms with Gasteiger partial charge in [0.2, 0.25) is 5.88 Å². The molecule has 0 aromatic carbocycles. The summed E-state index contributed by atoms with van der Waals surface area (Å²) in [5, 5.41) is 0. The topological polar surface area (TPSA) is 100 Å². The third-order valence-corrected chi connectivity index (χ3v) is 2.23. The Morgan fingerprint density at radius 1 is 1.45 bits per heavy atom. The predicted octanol–water partition coefficient (Wildman–Crippen LogP) is 1.13. The van der Waals surface area contributed by atoms with Crippen molar-refractivity contribution in [3.8, 4) is 5.88 Å². The smallest absolute Gasteiger partial charge is 0.466 e. The number of carbonyl (C=O) groups excluding carboxylic acids is 1. The summed E-state index contributed by atoms with van der Waals surface area (Å²) >= 11 is 0. The van der Waals surface area contributed by atoms with Crippen LogP contribution in [0.25, 0.3) is 0 Å². The van der Waals surface area contributed by atoms with Crippen LogP contribution < -0.4 is 16.2 Å². The molecule has 0 bridgehead atoms. The average Bonchev–Trinajstić information content (AvgIpc) is 2.31. The van der Waals surface area contributed by atoms with Gasteiger partial charge in [-0.3, -0.25) is 4.79 Å². The average molecular weight is 293 g/mol. The quantitative estimate of drug-likeness (QED) is 0.789. The lowest BCUT2D eigenvalue weighted by Crippen LogP contribution is -2.21. The zero-order valence-corrected chi connectivity index (χ0v) is 10.7. The number of esters is 1. The molecule has 0 amide bonds. The third kappa shape index (κ3) is 4.57. The van der Waals surface area contributed by atoms with Crippen LogP contribution in [-0.2, 0) is 22.5 Å². The number of carbonyl (C=O) groups is 1. The standard InChI is InChI=1S/C11H14F3N3O3/c1-2-19-9(18)4-8-6(5-15)3-7(16)10(17-8)20-11(12,13)14/h3H,2,4-5,15-16H2,1H3. The number of rotatable bonds is 5. The first-order chi connectivity index (χ1) is 9.26. The number of aromatic nitrogens is 1. The van der Waals surface area contributed by atoms with Crippen molar-refractivity contribution < 1.29 is 27.4 Å². The molecule has 1 aromatic heterocycles. The van der Waals surface area contributed by atoms with E-state index in [1.54, 1.807) is 6.92 Å². The summed E-state index contributed by atoms with van der Waals surface area (Å²) in [5.41, 5.74) is 10.9. The first-order valence-corrected chi connectivity index (χ1v) is 5.66. The molecule has 1 aromatic rings. The van der Waals surface area contributed by atoms with Gasteiger partial charge in [-0.05, 0) is 18.6 Å². The molecule has 0 spiro atoms. The molecule has 0 aliphatic carbocycles. The maximum atomic E-state index is 12.2. The number of nitrogens with two attached hydrogens (primary N) is 2. The molecule has 0 saturated carbocycles. The molecule has 0 unspecified atom stereocenters. The lowest BCUT2D eigenvalue weighted by molar-refractivity contribution is -0.275. The van der Waals surface area contributed by atoms with Gasteiger partial charge in [-0.15, -0.1) is 13.2 Å². The number of halogens is 3. The van der Waals surface area contributed by atoms with E-state index < -0.39 is 18.2 Å². The fourth-order valence-corrected chi connectivity index (χ4v) is 1.46. The first-order valence-electron chi connectivity index (χ1n) is 5.66. The molecule has 0 aliphatic heterocycles. The van der Waals surface area contributed by atoms with Crippen molar-refractivity contribution in [2.45, 2.75) is 26.3 Å². The second-order valence-corrected chi connectivity index (χ2v) is 3.72. The van der Waals surface area contributed by atoms with Crippen molar-refractivity contribution in [3.63, 3.8) is 0 Å². The van der Waals surface area contributed by atoms with Gasteiger partial charge in [-0.25, -0.2) is 4.98 Å². The fraction of sp³-hybridized carbons (Fsp3) is 0.455. The summed E-state index contributed by atoms with van der Waals surface area (Å²) < 4.78 is 44.9. The van der Waals surface area contributed by atoms with Crippen LogP contribution in [0.15, 0.2) is 6.07 Å². The van der Waals surface area contributed by atoms with E-state index in [1.165, 1.54) is 6.07 Å². The summed E-state index contributed by atoms with van der Waals surface area (Å²) in [4.78, 5) is 15.0. The number of ether oxygens (including phenoxy) is 2. The highest BCUT2D eigenvalue weighted by molar-refractivity contribution is 5.73. The molecule has 1 heterocycles. The van der Waals surface area contributed by atoms with Crippen LogP contribution in [0.5, 0.6) is 5.88 Å². The Morgan fingerprint density at radius 3 is 2.60 bits per heavy atom. The van der Waals surface area contributed by atoms with E-state index in [0.29, 0.717) is 5.56 Å². The van der Waals surface area contributed by atoms with Crippen LogP contribution in [0.4, 0.5) is 18.9 Å². The van der Waals surface area contributed by atoms with Gasteiger partial charge < -0.3 is 20.9 Å². The SMILES string of the molecule is CCOC(=O)Cc1nc(OC(F)(F)F)c(N)cc1CN. The Bertz CT molecular complexity index is 492. The van der Waals surface area contributed by atoms with Crippen molar-refractivity contribution >= 4 is 11.7 Å². The number of alkyl halides is 3. The van der Waals surface area contributed by atoms with Crippen LogP contribution in [0.2, 0.25) is 0 Å². The normalized spacial score (nSPS) is 11.2. The number of pyridine rings is 1. The summed E-state index contributed by atoms with van der Waals surface area (Å²) in [6.45, 7) is 1.73. The van der Waals surface area contributed by atoms with E-state index in [2.05, 4.69) is 9.72 Å². The Balaban J connectivity index is 3.08. The Morgan fingerprint density at radius 2 is 2.10 bits per heavy atom. The monoisotopic (exact) mass is 293 g/mol. The largest absolute Gasteiger partial charge is 0.574 e. The summed E-state index contributed by atoms with van der Waals surface area (Å²) in [6, 6.07) is 1.20. The van der Waals surface area contributed by atoms with E-state index in [1.807, 2.05) is 0 Å². The van der Waals surface area contributed by atoms with E-state index >= 15 is 0 Å². The molecular formula is C11H14F3N3O3. The highest BCUT2D eigenvalue weighted by Crippen LogP contribution is 2.28. The van der Waals surface area contributed by atoms with Crippen LogP contribution in [0.1, 0.15) is 18.2 Å². The van der Waals surface area contributed by atoms with E-state index in [4.69, 9.17) is 16.2 Å². The third-order valence-electron chi connectivity index (χ3n) is 2.23. The van der Waals surface area contributed by atoms with Crippen molar-refractivity contribution in [1.82, 2.24) is 4.98 Å². The van der Waals surface area contributed by atoms with Gasteiger partial charge in [0.1, 0.15) is 0 Å². The van der Waals surface area contributed by atoms with E-state index in [9.17, 15) is 18.0 Å². The Hall–Kier alpha value is -2.03. The number of hydrogen-bond acceptors (Lipinski definition) is 6. The van der Waals surface area contributed by atoms with E-state index in [0.717, 1.165) is 0 Å². The second kappa shape index (κ2) is 6.42. The molecular weight excluding hydrogens is 279 g/mol. The molecule has 0 fully saturated rings. The molecule has 0 radical (unpaired) electrons. The molecule has 0 atom stereocenters. The summed E-state index contributed by atoms with van der Waals surface area (Å²) in [6.07, 6.45) is -5.23. The van der Waals surface area contributed by atoms with Crippen molar-refractivity contribution in [2.75, 3.05) is 12.3 Å². The summed E-state index contributed by atoms with van der Waals surface area (Å²) in [7, 11) is 0. The molecule has 112 valence electrons. The molecule has 1 rings (SSSR count). The van der Waals surface area contributed by atoms with Gasteiger partial charge >= 0.3 is 12.3 Å². The number of anilines is 1. The van der Waals surface area contributed by atoms with Gasteiger partial charge in [0.05, 0.1) is 24.4 Å². The molecule has 9 heteroatoms. The molecule has 0 aliphatic rings. The second-order valence-electron chi connectivity index (χ2n) is 3.72. The van der Waals surface area contributed by atoms with Crippen LogP contribution in [0.3, 0.4) is 0 Å². The number of hydrogen-bond donors (Lipinski definition) is 2. The highest BCUT2D eigenvalue weighted by Gasteiger charge is 2.33. The van der Waals surface area contributed by atoms with Crippen LogP contribution in [0, 0.1) is 0 Å². The van der Waals surface area contributed by atoms with Gasteiger partial charge in [0.15, 0.2) is 0 Å². The Kier molecular flexibility index (Phi) is 5.14. The van der Waals surface area contributed by atoms with Crippen molar-refractivity contribution in [3.05, 3.63) is 17.3 Å². The maximum Gasteiger partial charge on any atom is 0.574 e. The zero-order valence-electron chi connectivity index (χ0n) is 10.7. The summed E-state index contributed by atoms with van der Waals surface area (Å²) in [5.74, 6) is -1.44. The lowest BCUT2D eigenvalue weighted by atomic mass is 10.1. The minimum Gasteiger partial charge on any atom is -0.466 e. The molecule has 20 heavy (non-hydrogen) atoms. The van der Waals surface area contributed by atoms with Crippen LogP contribution in [-0.4, -0.2) is 23.9 Å². The first kappa shape index (κ1) is 16.0. The van der Waals surface area contributed by atoms with Gasteiger partial charge in [-0.1, -0.05) is 0 Å². The maximum absolute atomic E-state index is 12.2. The van der Waals surface area contributed by atoms with Crippen molar-refractivity contribution in [1.29, 1.82) is 0 Å². The minimum absolute atomic E-state index is 0.0295. The lowest BCUT2D eigenvalue weighted by Gasteiger charge is -2.14. The highest BCUT2D eigenvalue weighted by atomic mass is 19.4. The number of nitrogens with zero attached hydrogens (tertiary/aromatic N) is 1.